The van der Waals surface area contributed by atoms with Gasteiger partial charge in [-0.3, -0.25) is 0 Å². The van der Waals surface area contributed by atoms with Gasteiger partial charge in [0.2, 0.25) is 0 Å². The van der Waals surface area contributed by atoms with Crippen molar-refractivity contribution in [1.29, 1.82) is 0 Å². The first kappa shape index (κ1) is 9.71. The lowest BCUT2D eigenvalue weighted by Gasteiger charge is -2.07. The zero-order valence-corrected chi connectivity index (χ0v) is 8.82. The summed E-state index contributed by atoms with van der Waals surface area (Å²) in [5.74, 6) is 1.12. The van der Waals surface area contributed by atoms with Crippen LogP contribution in [0.1, 0.15) is 25.3 Å². The van der Waals surface area contributed by atoms with Crippen LogP contribution in [0.5, 0.6) is 5.75 Å². The van der Waals surface area contributed by atoms with E-state index in [9.17, 15) is 0 Å². The molecule has 2 aromatic rings. The van der Waals surface area contributed by atoms with E-state index in [0.29, 0.717) is 11.7 Å². The zero-order valence-electron chi connectivity index (χ0n) is 8.82. The van der Waals surface area contributed by atoms with Crippen molar-refractivity contribution in [3.8, 4) is 5.75 Å². The van der Waals surface area contributed by atoms with Crippen molar-refractivity contribution in [3.05, 3.63) is 30.5 Å². The molecular weight excluding hydrogens is 190 g/mol. The van der Waals surface area contributed by atoms with Crippen LogP contribution < -0.4 is 4.74 Å². The second-order valence-electron chi connectivity index (χ2n) is 3.65. The highest BCUT2D eigenvalue weighted by Crippen LogP contribution is 2.28. The molecule has 1 aromatic carbocycles. The Morgan fingerprint density at radius 1 is 1.40 bits per heavy atom. The standard InChI is InChI=1S/C11H13N3O/c1-4-15-10-6-8(7(2)3)5-9-11(10)13-14-12-9/h4-7H,1H2,2-3H3,(H,12,13,14). The van der Waals surface area contributed by atoms with Gasteiger partial charge in [0.15, 0.2) is 11.3 Å². The van der Waals surface area contributed by atoms with E-state index in [1.165, 1.54) is 11.8 Å². The Bertz CT molecular complexity index is 488. The lowest BCUT2D eigenvalue weighted by atomic mass is 10.0. The smallest absolute Gasteiger partial charge is 0.156 e. The Morgan fingerprint density at radius 2 is 2.20 bits per heavy atom. The molecule has 0 spiro atoms. The number of aromatic nitrogens is 3. The maximum Gasteiger partial charge on any atom is 0.156 e. The molecular formula is C11H13N3O. The van der Waals surface area contributed by atoms with E-state index in [1.807, 2.05) is 12.1 Å². The van der Waals surface area contributed by atoms with E-state index in [0.717, 1.165) is 11.0 Å². The lowest BCUT2D eigenvalue weighted by molar-refractivity contribution is 0.487. The lowest BCUT2D eigenvalue weighted by Crippen LogP contribution is -1.90. The van der Waals surface area contributed by atoms with Gasteiger partial charge in [-0.2, -0.15) is 15.4 Å². The van der Waals surface area contributed by atoms with Crippen LogP contribution in [0.2, 0.25) is 0 Å². The molecule has 0 aliphatic rings. The van der Waals surface area contributed by atoms with Crippen molar-refractivity contribution in [2.24, 2.45) is 0 Å². The number of ether oxygens (including phenoxy) is 1. The third-order valence-electron chi connectivity index (χ3n) is 2.29. The van der Waals surface area contributed by atoms with Gasteiger partial charge in [0, 0.05) is 0 Å². The first-order valence-electron chi connectivity index (χ1n) is 4.84. The molecule has 0 aliphatic carbocycles. The van der Waals surface area contributed by atoms with Crippen LogP contribution in [0.4, 0.5) is 0 Å². The summed E-state index contributed by atoms with van der Waals surface area (Å²) in [4.78, 5) is 0. The number of H-pyrrole nitrogens is 1. The summed E-state index contributed by atoms with van der Waals surface area (Å²) in [5, 5.41) is 10.7. The highest BCUT2D eigenvalue weighted by molar-refractivity contribution is 5.81. The Hall–Kier alpha value is -1.84. The SMILES string of the molecule is C=COc1cc(C(C)C)cc2n[nH]nc12. The maximum atomic E-state index is 5.31. The molecule has 0 aliphatic heterocycles. The van der Waals surface area contributed by atoms with E-state index in [4.69, 9.17) is 4.74 Å². The fourth-order valence-electron chi connectivity index (χ4n) is 1.45. The predicted octanol–water partition coefficient (Wildman–Crippen LogP) is 2.60. The number of nitrogens with zero attached hydrogens (tertiary/aromatic N) is 2. The van der Waals surface area contributed by atoms with Gasteiger partial charge < -0.3 is 4.74 Å². The highest BCUT2D eigenvalue weighted by Gasteiger charge is 2.10. The van der Waals surface area contributed by atoms with E-state index in [1.54, 1.807) is 0 Å². The molecule has 4 heteroatoms. The average molecular weight is 203 g/mol. The third kappa shape index (κ3) is 1.70. The van der Waals surface area contributed by atoms with Crippen LogP contribution in [0.25, 0.3) is 11.0 Å². The Morgan fingerprint density at radius 3 is 2.87 bits per heavy atom. The van der Waals surface area contributed by atoms with Crippen molar-refractivity contribution >= 4 is 11.0 Å². The summed E-state index contributed by atoms with van der Waals surface area (Å²) in [6.07, 6.45) is 1.40. The molecule has 0 radical (unpaired) electrons. The van der Waals surface area contributed by atoms with Gasteiger partial charge in [0.1, 0.15) is 5.52 Å². The van der Waals surface area contributed by atoms with Gasteiger partial charge in [0.05, 0.1) is 6.26 Å². The normalized spacial score (nSPS) is 10.9. The molecule has 1 N–H and O–H groups in total. The van der Waals surface area contributed by atoms with Crippen molar-refractivity contribution in [2.75, 3.05) is 0 Å². The summed E-state index contributed by atoms with van der Waals surface area (Å²) in [6, 6.07) is 3.98. The fraction of sp³-hybridized carbons (Fsp3) is 0.273. The molecule has 0 saturated carbocycles. The first-order chi connectivity index (χ1) is 7.22. The van der Waals surface area contributed by atoms with Gasteiger partial charge in [-0.25, -0.2) is 0 Å². The van der Waals surface area contributed by atoms with Gasteiger partial charge in [-0.1, -0.05) is 20.4 Å². The maximum absolute atomic E-state index is 5.31. The summed E-state index contributed by atoms with van der Waals surface area (Å²) < 4.78 is 5.31. The average Bonchev–Trinajstić information content (AvgIpc) is 2.65. The minimum Gasteiger partial charge on any atom is -0.463 e. The molecule has 4 nitrogen and oxygen atoms in total. The van der Waals surface area contributed by atoms with Crippen molar-refractivity contribution in [3.63, 3.8) is 0 Å². The number of hydrogen-bond donors (Lipinski definition) is 1. The Balaban J connectivity index is 2.63. The second-order valence-corrected chi connectivity index (χ2v) is 3.65. The van der Waals surface area contributed by atoms with Crippen LogP contribution in [0.3, 0.4) is 0 Å². The quantitative estimate of drug-likeness (QED) is 0.780. The van der Waals surface area contributed by atoms with Gasteiger partial charge >= 0.3 is 0 Å². The molecule has 1 aromatic heterocycles. The van der Waals surface area contributed by atoms with Gasteiger partial charge in [0.25, 0.3) is 0 Å². The number of nitrogens with one attached hydrogen (secondary N) is 1. The number of hydrogen-bond acceptors (Lipinski definition) is 3. The van der Waals surface area contributed by atoms with Crippen LogP contribution in [0.15, 0.2) is 25.0 Å². The molecule has 0 unspecified atom stereocenters. The van der Waals surface area contributed by atoms with Crippen LogP contribution in [0, 0.1) is 0 Å². The summed E-state index contributed by atoms with van der Waals surface area (Å²) in [5.41, 5.74) is 2.73. The fourth-order valence-corrected chi connectivity index (χ4v) is 1.45. The molecule has 0 saturated heterocycles. The van der Waals surface area contributed by atoms with Crippen molar-refractivity contribution < 1.29 is 4.74 Å². The molecule has 0 bridgehead atoms. The Labute approximate surface area is 87.9 Å². The molecule has 0 fully saturated rings. The summed E-state index contributed by atoms with van der Waals surface area (Å²) in [6.45, 7) is 7.79. The van der Waals surface area contributed by atoms with E-state index >= 15 is 0 Å². The number of benzene rings is 1. The van der Waals surface area contributed by atoms with E-state index < -0.39 is 0 Å². The molecule has 2 rings (SSSR count). The third-order valence-corrected chi connectivity index (χ3v) is 2.29. The minimum atomic E-state index is 0.429. The van der Waals surface area contributed by atoms with Crippen molar-refractivity contribution in [2.45, 2.75) is 19.8 Å². The summed E-state index contributed by atoms with van der Waals surface area (Å²) >= 11 is 0. The topological polar surface area (TPSA) is 50.8 Å². The van der Waals surface area contributed by atoms with E-state index in [-0.39, 0.29) is 0 Å². The second kappa shape index (κ2) is 3.73. The highest BCUT2D eigenvalue weighted by atomic mass is 16.5. The predicted molar refractivity (Wildman–Crippen MR) is 58.8 cm³/mol. The number of aromatic amines is 1. The van der Waals surface area contributed by atoms with E-state index in [2.05, 4.69) is 35.8 Å². The molecule has 15 heavy (non-hydrogen) atoms. The monoisotopic (exact) mass is 203 g/mol. The Kier molecular flexibility index (Phi) is 2.41. The summed E-state index contributed by atoms with van der Waals surface area (Å²) in [7, 11) is 0. The first-order valence-corrected chi connectivity index (χ1v) is 4.84. The molecule has 0 atom stereocenters. The largest absolute Gasteiger partial charge is 0.463 e. The minimum absolute atomic E-state index is 0.429. The zero-order chi connectivity index (χ0) is 10.8. The van der Waals surface area contributed by atoms with Crippen LogP contribution in [-0.2, 0) is 0 Å². The number of fused-ring (bicyclic) bond motifs is 1. The van der Waals surface area contributed by atoms with Crippen molar-refractivity contribution in [1.82, 2.24) is 15.4 Å². The van der Waals surface area contributed by atoms with Crippen LogP contribution in [-0.4, -0.2) is 15.4 Å². The van der Waals surface area contributed by atoms with Crippen LogP contribution >= 0.6 is 0 Å². The number of rotatable bonds is 3. The molecule has 78 valence electrons. The molecule has 1 heterocycles. The van der Waals surface area contributed by atoms with Gasteiger partial charge in [-0.15, -0.1) is 0 Å². The van der Waals surface area contributed by atoms with Gasteiger partial charge in [-0.05, 0) is 23.6 Å². The molecule has 0 amide bonds.